The zero-order valence-electron chi connectivity index (χ0n) is 11.2. The second kappa shape index (κ2) is 7.22. The van der Waals surface area contributed by atoms with Crippen LogP contribution in [-0.4, -0.2) is 19.7 Å². The van der Waals surface area contributed by atoms with E-state index in [2.05, 4.69) is 11.4 Å². The molecule has 1 aromatic rings. The molecule has 0 heterocycles. The van der Waals surface area contributed by atoms with Gasteiger partial charge in [0, 0.05) is 12.5 Å². The van der Waals surface area contributed by atoms with Gasteiger partial charge < -0.3 is 10.1 Å². The number of para-hydroxylation sites is 1. The van der Waals surface area contributed by atoms with E-state index in [0.717, 1.165) is 18.8 Å². The van der Waals surface area contributed by atoms with E-state index < -0.39 is 0 Å². The first-order chi connectivity index (χ1) is 8.90. The molecule has 18 heavy (non-hydrogen) atoms. The van der Waals surface area contributed by atoms with Crippen LogP contribution in [0.1, 0.15) is 32.1 Å². The highest BCUT2D eigenvalue weighted by Crippen LogP contribution is 2.22. The van der Waals surface area contributed by atoms with Crippen molar-refractivity contribution in [3.63, 3.8) is 0 Å². The number of rotatable bonds is 6. The average Bonchev–Trinajstić information content (AvgIpc) is 2.46. The second-order valence-electron chi connectivity index (χ2n) is 4.82. The average molecular weight is 245 g/mol. The van der Waals surface area contributed by atoms with E-state index in [4.69, 9.17) is 4.74 Å². The molecule has 0 aromatic heterocycles. The van der Waals surface area contributed by atoms with Crippen molar-refractivity contribution in [2.45, 2.75) is 38.1 Å². The summed E-state index contributed by atoms with van der Waals surface area (Å²) < 4.78 is 5.76. The molecule has 1 aliphatic carbocycles. The van der Waals surface area contributed by atoms with Gasteiger partial charge >= 0.3 is 0 Å². The highest BCUT2D eigenvalue weighted by atomic mass is 16.5. The van der Waals surface area contributed by atoms with Gasteiger partial charge in [0.25, 0.3) is 0 Å². The SMILES string of the molecule is CNC(CCOc1ccccc1)C1=CCCCC1. The maximum Gasteiger partial charge on any atom is 0.119 e. The molecule has 1 N–H and O–H groups in total. The molecule has 2 rings (SSSR count). The molecule has 0 spiro atoms. The van der Waals surface area contributed by atoms with E-state index in [9.17, 15) is 0 Å². The zero-order chi connectivity index (χ0) is 12.6. The Kier molecular flexibility index (Phi) is 5.28. The highest BCUT2D eigenvalue weighted by molar-refractivity contribution is 5.21. The van der Waals surface area contributed by atoms with Crippen LogP contribution in [0.4, 0.5) is 0 Å². The molecule has 0 saturated carbocycles. The molecule has 2 heteroatoms. The molecule has 0 bridgehead atoms. The third-order valence-electron chi connectivity index (χ3n) is 3.54. The highest BCUT2D eigenvalue weighted by Gasteiger charge is 2.14. The van der Waals surface area contributed by atoms with E-state index >= 15 is 0 Å². The van der Waals surface area contributed by atoms with E-state index in [1.165, 1.54) is 25.7 Å². The fraction of sp³-hybridized carbons (Fsp3) is 0.500. The van der Waals surface area contributed by atoms with Gasteiger partial charge in [-0.3, -0.25) is 0 Å². The zero-order valence-corrected chi connectivity index (χ0v) is 11.2. The summed E-state index contributed by atoms with van der Waals surface area (Å²) in [6.45, 7) is 0.771. The lowest BCUT2D eigenvalue weighted by atomic mass is 9.92. The predicted octanol–water partition coefficient (Wildman–Crippen LogP) is 3.54. The molecule has 2 nitrogen and oxygen atoms in total. The Bertz CT molecular complexity index is 372. The Morgan fingerprint density at radius 3 is 2.72 bits per heavy atom. The Labute approximate surface area is 110 Å². The number of hydrogen-bond acceptors (Lipinski definition) is 2. The van der Waals surface area contributed by atoms with Crippen LogP contribution in [0.5, 0.6) is 5.75 Å². The normalized spacial score (nSPS) is 17.1. The van der Waals surface area contributed by atoms with E-state index in [-0.39, 0.29) is 0 Å². The summed E-state index contributed by atoms with van der Waals surface area (Å²) in [6, 6.07) is 10.5. The lowest BCUT2D eigenvalue weighted by Gasteiger charge is -2.23. The third-order valence-corrected chi connectivity index (χ3v) is 3.54. The summed E-state index contributed by atoms with van der Waals surface area (Å²) in [6.07, 6.45) is 8.62. The largest absolute Gasteiger partial charge is 0.494 e. The van der Waals surface area contributed by atoms with E-state index in [1.54, 1.807) is 5.57 Å². The van der Waals surface area contributed by atoms with Crippen LogP contribution in [-0.2, 0) is 0 Å². The van der Waals surface area contributed by atoms with Crippen molar-refractivity contribution in [3.05, 3.63) is 42.0 Å². The first-order valence-corrected chi connectivity index (χ1v) is 6.94. The van der Waals surface area contributed by atoms with Gasteiger partial charge in [-0.1, -0.05) is 29.8 Å². The van der Waals surface area contributed by atoms with Gasteiger partial charge in [-0.2, -0.15) is 0 Å². The molecule has 1 aromatic carbocycles. The molecular weight excluding hydrogens is 222 g/mol. The Morgan fingerprint density at radius 2 is 2.06 bits per heavy atom. The quantitative estimate of drug-likeness (QED) is 0.774. The third kappa shape index (κ3) is 3.88. The van der Waals surface area contributed by atoms with Gasteiger partial charge in [-0.15, -0.1) is 0 Å². The van der Waals surface area contributed by atoms with Crippen LogP contribution in [0.15, 0.2) is 42.0 Å². The fourth-order valence-corrected chi connectivity index (χ4v) is 2.51. The number of hydrogen-bond donors (Lipinski definition) is 1. The predicted molar refractivity (Wildman–Crippen MR) is 76.0 cm³/mol. The van der Waals surface area contributed by atoms with Crippen molar-refractivity contribution in [3.8, 4) is 5.75 Å². The number of likely N-dealkylation sites (N-methyl/N-ethyl adjacent to an activating group) is 1. The van der Waals surface area contributed by atoms with Gasteiger partial charge in [0.2, 0.25) is 0 Å². The number of ether oxygens (including phenoxy) is 1. The summed E-state index contributed by atoms with van der Waals surface area (Å²) >= 11 is 0. The second-order valence-corrected chi connectivity index (χ2v) is 4.82. The summed E-state index contributed by atoms with van der Waals surface area (Å²) in [5, 5.41) is 3.41. The van der Waals surface area contributed by atoms with E-state index in [1.807, 2.05) is 37.4 Å². The first kappa shape index (κ1) is 13.2. The lowest BCUT2D eigenvalue weighted by Crippen LogP contribution is -2.30. The van der Waals surface area contributed by atoms with Crippen LogP contribution in [0.3, 0.4) is 0 Å². The van der Waals surface area contributed by atoms with Crippen LogP contribution < -0.4 is 10.1 Å². The van der Waals surface area contributed by atoms with Gasteiger partial charge in [0.05, 0.1) is 6.61 Å². The minimum absolute atomic E-state index is 0.481. The Balaban J connectivity index is 1.79. The smallest absolute Gasteiger partial charge is 0.119 e. The van der Waals surface area contributed by atoms with Crippen LogP contribution in [0, 0.1) is 0 Å². The van der Waals surface area contributed by atoms with Crippen LogP contribution >= 0.6 is 0 Å². The van der Waals surface area contributed by atoms with Crippen molar-refractivity contribution < 1.29 is 4.74 Å². The van der Waals surface area contributed by atoms with Gasteiger partial charge in [0.15, 0.2) is 0 Å². The molecule has 0 aliphatic heterocycles. The van der Waals surface area contributed by atoms with Crippen molar-refractivity contribution in [2.24, 2.45) is 0 Å². The van der Waals surface area contributed by atoms with Gasteiger partial charge in [-0.05, 0) is 44.9 Å². The number of allylic oxidation sites excluding steroid dienone is 1. The minimum Gasteiger partial charge on any atom is -0.494 e. The summed E-state index contributed by atoms with van der Waals surface area (Å²) in [7, 11) is 2.04. The van der Waals surface area contributed by atoms with Crippen LogP contribution in [0.25, 0.3) is 0 Å². The molecule has 98 valence electrons. The first-order valence-electron chi connectivity index (χ1n) is 6.94. The molecule has 0 saturated heterocycles. The molecular formula is C16H23NO. The molecule has 1 aliphatic rings. The molecule has 0 radical (unpaired) electrons. The topological polar surface area (TPSA) is 21.3 Å². The molecule has 0 fully saturated rings. The standard InChI is InChI=1S/C16H23NO/c1-17-16(14-8-4-2-5-9-14)12-13-18-15-10-6-3-7-11-15/h3,6-8,10-11,16-17H,2,4-5,9,12-13H2,1H3. The number of benzene rings is 1. The minimum atomic E-state index is 0.481. The van der Waals surface area contributed by atoms with Crippen molar-refractivity contribution in [2.75, 3.05) is 13.7 Å². The molecule has 1 atom stereocenters. The lowest BCUT2D eigenvalue weighted by molar-refractivity contribution is 0.295. The number of nitrogens with one attached hydrogen (secondary N) is 1. The molecule has 1 unspecified atom stereocenters. The Hall–Kier alpha value is -1.28. The maximum atomic E-state index is 5.76. The monoisotopic (exact) mass is 245 g/mol. The fourth-order valence-electron chi connectivity index (χ4n) is 2.51. The summed E-state index contributed by atoms with van der Waals surface area (Å²) in [4.78, 5) is 0. The van der Waals surface area contributed by atoms with Crippen molar-refractivity contribution in [1.82, 2.24) is 5.32 Å². The van der Waals surface area contributed by atoms with Crippen LogP contribution in [0.2, 0.25) is 0 Å². The van der Waals surface area contributed by atoms with Gasteiger partial charge in [0.1, 0.15) is 5.75 Å². The summed E-state index contributed by atoms with van der Waals surface area (Å²) in [5.74, 6) is 0.963. The Morgan fingerprint density at radius 1 is 1.22 bits per heavy atom. The van der Waals surface area contributed by atoms with Gasteiger partial charge in [-0.25, -0.2) is 0 Å². The van der Waals surface area contributed by atoms with Crippen molar-refractivity contribution >= 4 is 0 Å². The maximum absolute atomic E-state index is 5.76. The van der Waals surface area contributed by atoms with Crippen molar-refractivity contribution in [1.29, 1.82) is 0 Å². The van der Waals surface area contributed by atoms with E-state index in [0.29, 0.717) is 6.04 Å². The molecule has 0 amide bonds. The summed E-state index contributed by atoms with van der Waals surface area (Å²) in [5.41, 5.74) is 1.57.